The van der Waals surface area contributed by atoms with Gasteiger partial charge in [0.1, 0.15) is 0 Å². The molecule has 0 amide bonds. The van der Waals surface area contributed by atoms with Gasteiger partial charge in [0.15, 0.2) is 11.5 Å². The van der Waals surface area contributed by atoms with Gasteiger partial charge in [0.25, 0.3) is 6.71 Å². The fraction of sp³-hybridized carbons (Fsp3) is 0.318. The zero-order chi connectivity index (χ0) is 34.6. The number of fused-ring (bicyclic) bond motifs is 5. The number of hydrogen-bond acceptors (Lipinski definition) is 4. The van der Waals surface area contributed by atoms with Crippen molar-refractivity contribution in [3.05, 3.63) is 113 Å². The zero-order valence-electron chi connectivity index (χ0n) is 30.7. The Balaban J connectivity index is 1.44. The van der Waals surface area contributed by atoms with E-state index in [1.165, 1.54) is 61.4 Å². The van der Waals surface area contributed by atoms with Crippen molar-refractivity contribution in [3.63, 3.8) is 0 Å². The van der Waals surface area contributed by atoms with Crippen LogP contribution in [-0.2, 0) is 16.2 Å². The number of anilines is 6. The molecule has 0 fully saturated rings. The second-order valence-electron chi connectivity index (χ2n) is 17.2. The Morgan fingerprint density at radius 2 is 0.939 bits per heavy atom. The first kappa shape index (κ1) is 31.6. The van der Waals surface area contributed by atoms with Crippen molar-refractivity contribution in [3.8, 4) is 11.5 Å². The van der Waals surface area contributed by atoms with Gasteiger partial charge < -0.3 is 19.3 Å². The van der Waals surface area contributed by atoms with Crippen LogP contribution in [0, 0.1) is 6.92 Å². The summed E-state index contributed by atoms with van der Waals surface area (Å²) in [5, 5.41) is 0. The van der Waals surface area contributed by atoms with E-state index in [-0.39, 0.29) is 29.8 Å². The summed E-state index contributed by atoms with van der Waals surface area (Å²) in [5.74, 6) is 1.61. The molecular formula is C44H47BN2O2. The van der Waals surface area contributed by atoms with Gasteiger partial charge in [-0.3, -0.25) is 0 Å². The number of hydrogen-bond donors (Lipinski definition) is 0. The van der Waals surface area contributed by atoms with Crippen LogP contribution in [0.4, 0.5) is 34.1 Å². The van der Waals surface area contributed by atoms with Crippen molar-refractivity contribution >= 4 is 57.2 Å². The third-order valence-corrected chi connectivity index (χ3v) is 10.6. The second kappa shape index (κ2) is 10.7. The molecule has 3 aliphatic heterocycles. The number of ether oxygens (including phenoxy) is 2. The summed E-state index contributed by atoms with van der Waals surface area (Å²) < 4.78 is 12.1. The van der Waals surface area contributed by atoms with Gasteiger partial charge in [-0.15, -0.1) is 0 Å². The average Bonchev–Trinajstić information content (AvgIpc) is 3.50. The normalized spacial score (nSPS) is 14.9. The van der Waals surface area contributed by atoms with Crippen LogP contribution in [0.3, 0.4) is 0 Å². The lowest BCUT2D eigenvalue weighted by Crippen LogP contribution is -2.61. The molecule has 5 aromatic rings. The molecule has 49 heavy (non-hydrogen) atoms. The van der Waals surface area contributed by atoms with E-state index in [2.05, 4.69) is 170 Å². The molecule has 0 bridgehead atoms. The summed E-state index contributed by atoms with van der Waals surface area (Å²) in [5.41, 5.74) is 16.3. The lowest BCUT2D eigenvalue weighted by atomic mass is 9.33. The molecule has 0 aliphatic carbocycles. The van der Waals surface area contributed by atoms with E-state index < -0.39 is 0 Å². The zero-order valence-corrected chi connectivity index (χ0v) is 30.7. The first-order valence-electron chi connectivity index (χ1n) is 17.6. The van der Waals surface area contributed by atoms with E-state index >= 15 is 0 Å². The van der Waals surface area contributed by atoms with Crippen LogP contribution in [0.15, 0.2) is 91.0 Å². The molecule has 3 aliphatic rings. The minimum absolute atomic E-state index is 0.00216. The minimum atomic E-state index is -0.00216. The number of benzene rings is 5. The first-order chi connectivity index (χ1) is 23.1. The molecule has 0 atom stereocenters. The number of nitrogens with zero attached hydrogens (tertiary/aromatic N) is 2. The summed E-state index contributed by atoms with van der Waals surface area (Å²) in [4.78, 5) is 4.95. The van der Waals surface area contributed by atoms with Crippen molar-refractivity contribution in [1.82, 2.24) is 0 Å². The highest BCUT2D eigenvalue weighted by Crippen LogP contribution is 2.47. The molecule has 0 saturated carbocycles. The summed E-state index contributed by atoms with van der Waals surface area (Å²) >= 11 is 0. The van der Waals surface area contributed by atoms with Crippen LogP contribution in [0.1, 0.15) is 84.6 Å². The van der Waals surface area contributed by atoms with Crippen LogP contribution >= 0.6 is 0 Å². The maximum absolute atomic E-state index is 6.05. The third kappa shape index (κ3) is 5.12. The fourth-order valence-corrected chi connectivity index (χ4v) is 7.77. The molecule has 0 spiro atoms. The monoisotopic (exact) mass is 646 g/mol. The molecule has 4 nitrogen and oxygen atoms in total. The van der Waals surface area contributed by atoms with E-state index in [1.54, 1.807) is 0 Å². The number of aryl methyl sites for hydroxylation is 1. The largest absolute Gasteiger partial charge is 0.454 e. The van der Waals surface area contributed by atoms with Crippen molar-refractivity contribution in [2.24, 2.45) is 0 Å². The van der Waals surface area contributed by atoms with Gasteiger partial charge in [0.2, 0.25) is 6.79 Å². The molecule has 8 rings (SSSR count). The van der Waals surface area contributed by atoms with E-state index in [9.17, 15) is 0 Å². The van der Waals surface area contributed by atoms with E-state index in [0.717, 1.165) is 22.9 Å². The van der Waals surface area contributed by atoms with Gasteiger partial charge in [-0.2, -0.15) is 0 Å². The van der Waals surface area contributed by atoms with Gasteiger partial charge in [-0.25, -0.2) is 0 Å². The predicted molar refractivity (Wildman–Crippen MR) is 207 cm³/mol. The molecular weight excluding hydrogens is 599 g/mol. The summed E-state index contributed by atoms with van der Waals surface area (Å²) in [6.07, 6.45) is 0. The Morgan fingerprint density at radius 1 is 0.490 bits per heavy atom. The maximum Gasteiger partial charge on any atom is 0.252 e. The SMILES string of the molecule is Cc1cc2c3c(c1)N(c1ccc(C(C)(C)C)cc1)c1cc4c(cc1B3c1cc(C(C)(C)C)ccc1N2c1ccc(C(C)(C)C)cc1)OCO4. The van der Waals surface area contributed by atoms with Crippen molar-refractivity contribution in [2.45, 2.75) is 85.5 Å². The van der Waals surface area contributed by atoms with Gasteiger partial charge in [-0.05, 0) is 110 Å². The molecule has 0 saturated heterocycles. The van der Waals surface area contributed by atoms with Crippen LogP contribution in [-0.4, -0.2) is 13.5 Å². The van der Waals surface area contributed by atoms with Crippen molar-refractivity contribution < 1.29 is 9.47 Å². The molecule has 5 aromatic carbocycles. The highest BCUT2D eigenvalue weighted by Gasteiger charge is 2.45. The molecule has 0 radical (unpaired) electrons. The summed E-state index contributed by atoms with van der Waals surface area (Å²) in [6, 6.07) is 34.6. The topological polar surface area (TPSA) is 24.9 Å². The van der Waals surface area contributed by atoms with Crippen LogP contribution in [0.2, 0.25) is 0 Å². The van der Waals surface area contributed by atoms with Gasteiger partial charge >= 0.3 is 0 Å². The third-order valence-electron chi connectivity index (χ3n) is 10.6. The molecule has 0 unspecified atom stereocenters. The standard InChI is InChI=1S/C44H47BN2O2/c1-27-21-37-41-38(22-27)47(32-18-13-29(14-19-32)43(5,6)7)36-25-40-39(48-26-49-40)24-34(36)45(41)33-23-30(44(8,9)10)15-20-35(33)46(37)31-16-11-28(12-17-31)42(2,3)4/h11-25H,26H2,1-10H3. The number of rotatable bonds is 2. The fourth-order valence-electron chi connectivity index (χ4n) is 7.77. The van der Waals surface area contributed by atoms with Gasteiger partial charge in [-0.1, -0.05) is 98.7 Å². The van der Waals surface area contributed by atoms with E-state index in [1.807, 2.05) is 0 Å². The van der Waals surface area contributed by atoms with E-state index in [0.29, 0.717) is 0 Å². The molecule has 3 heterocycles. The molecule has 248 valence electrons. The van der Waals surface area contributed by atoms with Crippen LogP contribution in [0.25, 0.3) is 0 Å². The molecule has 5 heteroatoms. The van der Waals surface area contributed by atoms with Gasteiger partial charge in [0, 0.05) is 40.2 Å². The quantitative estimate of drug-likeness (QED) is 0.175. The minimum Gasteiger partial charge on any atom is -0.454 e. The summed E-state index contributed by atoms with van der Waals surface area (Å²) in [7, 11) is 0. The maximum atomic E-state index is 6.05. The second-order valence-corrected chi connectivity index (χ2v) is 17.2. The van der Waals surface area contributed by atoms with E-state index in [4.69, 9.17) is 9.47 Å². The van der Waals surface area contributed by atoms with Crippen molar-refractivity contribution in [2.75, 3.05) is 16.6 Å². The smallest absolute Gasteiger partial charge is 0.252 e. The highest BCUT2D eigenvalue weighted by molar-refractivity contribution is 7.00. The Hall–Kier alpha value is -4.64. The van der Waals surface area contributed by atoms with Crippen molar-refractivity contribution in [1.29, 1.82) is 0 Å². The Morgan fingerprint density at radius 3 is 1.45 bits per heavy atom. The first-order valence-corrected chi connectivity index (χ1v) is 17.6. The lowest BCUT2D eigenvalue weighted by Gasteiger charge is -2.45. The lowest BCUT2D eigenvalue weighted by molar-refractivity contribution is 0.174. The van der Waals surface area contributed by atoms with Crippen LogP contribution < -0.4 is 35.7 Å². The average molecular weight is 647 g/mol. The van der Waals surface area contributed by atoms with Gasteiger partial charge in [0.05, 0.1) is 0 Å². The Labute approximate surface area is 292 Å². The molecule has 0 N–H and O–H groups in total. The predicted octanol–water partition coefficient (Wildman–Crippen LogP) is 9.70. The highest BCUT2D eigenvalue weighted by atomic mass is 16.7. The van der Waals surface area contributed by atoms with Crippen LogP contribution in [0.5, 0.6) is 11.5 Å². The Bertz CT molecular complexity index is 2110. The summed E-state index contributed by atoms with van der Waals surface area (Å²) in [6.45, 7) is 23.0. The Kier molecular flexibility index (Phi) is 6.89. The molecule has 0 aromatic heterocycles.